The van der Waals surface area contributed by atoms with Gasteiger partial charge in [0, 0.05) is 39.4 Å². The maximum absolute atomic E-state index is 13.4. The predicted molar refractivity (Wildman–Crippen MR) is 115 cm³/mol. The number of carbonyl (C=O) groups excluding carboxylic acids is 2. The third-order valence-electron chi connectivity index (χ3n) is 4.35. The van der Waals surface area contributed by atoms with Gasteiger partial charge in [-0.3, -0.25) is 9.59 Å². The van der Waals surface area contributed by atoms with Crippen LogP contribution < -0.4 is 15.5 Å². The molecule has 0 bridgehead atoms. The summed E-state index contributed by atoms with van der Waals surface area (Å²) in [6.45, 7) is 0.595. The van der Waals surface area contributed by atoms with E-state index in [-0.39, 0.29) is 16.5 Å². The summed E-state index contributed by atoms with van der Waals surface area (Å²) in [7, 11) is 0.198. The van der Waals surface area contributed by atoms with E-state index in [9.17, 15) is 31.2 Å². The number of halogens is 3. The Morgan fingerprint density at radius 2 is 1.56 bits per heavy atom. The standard InChI is InChI=1S/C20H23F3N4O4S/c1-13(28)24-14-5-8-16(9-6-14)32(30,31)27(4)12-19(29)25-18-10-7-15(26(2)3)11-17(18)20(21,22)23/h5-11H,12H2,1-4H3,(H,24,28)(H,25,29). The number of nitrogens with one attached hydrogen (secondary N) is 2. The van der Waals surface area contributed by atoms with Gasteiger partial charge in [0.1, 0.15) is 0 Å². The lowest BCUT2D eigenvalue weighted by molar-refractivity contribution is -0.137. The van der Waals surface area contributed by atoms with Crippen molar-refractivity contribution in [3.05, 3.63) is 48.0 Å². The normalized spacial score (nSPS) is 11.9. The molecule has 0 aliphatic heterocycles. The second-order valence-electron chi connectivity index (χ2n) is 7.14. The second kappa shape index (κ2) is 9.57. The minimum absolute atomic E-state index is 0.145. The van der Waals surface area contributed by atoms with Gasteiger partial charge in [-0.05, 0) is 42.5 Å². The molecule has 12 heteroatoms. The highest BCUT2D eigenvalue weighted by atomic mass is 32.2. The first-order chi connectivity index (χ1) is 14.7. The summed E-state index contributed by atoms with van der Waals surface area (Å²) < 4.78 is 66.3. The van der Waals surface area contributed by atoms with Crippen LogP contribution in [0.1, 0.15) is 12.5 Å². The van der Waals surface area contributed by atoms with Crippen LogP contribution in [0.25, 0.3) is 0 Å². The number of likely N-dealkylation sites (N-methyl/N-ethyl adjacent to an activating group) is 1. The molecule has 2 aromatic rings. The minimum atomic E-state index is -4.72. The lowest BCUT2D eigenvalue weighted by atomic mass is 10.1. The van der Waals surface area contributed by atoms with E-state index in [1.54, 1.807) is 14.1 Å². The molecule has 0 atom stereocenters. The summed E-state index contributed by atoms with van der Waals surface area (Å²) in [5, 5.41) is 4.63. The maximum atomic E-state index is 13.4. The second-order valence-corrected chi connectivity index (χ2v) is 9.18. The number of carbonyl (C=O) groups is 2. The number of alkyl halides is 3. The molecule has 0 saturated carbocycles. The number of sulfonamides is 1. The molecule has 0 unspecified atom stereocenters. The first-order valence-corrected chi connectivity index (χ1v) is 10.7. The Kier molecular flexibility index (Phi) is 7.52. The molecule has 0 aliphatic carbocycles. The molecule has 0 heterocycles. The van der Waals surface area contributed by atoms with Crippen LogP contribution in [-0.4, -0.2) is 52.2 Å². The Labute approximate surface area is 184 Å². The van der Waals surface area contributed by atoms with Crippen LogP contribution in [0, 0.1) is 0 Å². The van der Waals surface area contributed by atoms with E-state index in [1.165, 1.54) is 42.2 Å². The Balaban J connectivity index is 2.18. The smallest absolute Gasteiger partial charge is 0.378 e. The zero-order chi connectivity index (χ0) is 24.3. The van der Waals surface area contributed by atoms with Crippen molar-refractivity contribution in [3.63, 3.8) is 0 Å². The quantitative estimate of drug-likeness (QED) is 0.646. The lowest BCUT2D eigenvalue weighted by Crippen LogP contribution is -2.35. The Morgan fingerprint density at radius 3 is 2.06 bits per heavy atom. The summed E-state index contributed by atoms with van der Waals surface area (Å²) in [6.07, 6.45) is -4.72. The fraction of sp³-hybridized carbons (Fsp3) is 0.300. The molecule has 2 N–H and O–H groups in total. The van der Waals surface area contributed by atoms with Gasteiger partial charge in [0.05, 0.1) is 22.7 Å². The molecule has 0 saturated heterocycles. The van der Waals surface area contributed by atoms with Crippen LogP contribution in [0.5, 0.6) is 0 Å². The molecule has 0 radical (unpaired) electrons. The van der Waals surface area contributed by atoms with E-state index in [0.717, 1.165) is 23.5 Å². The largest absolute Gasteiger partial charge is 0.418 e. The molecule has 0 aliphatic rings. The molecule has 8 nitrogen and oxygen atoms in total. The van der Waals surface area contributed by atoms with Gasteiger partial charge in [0.2, 0.25) is 21.8 Å². The van der Waals surface area contributed by atoms with Gasteiger partial charge in [0.15, 0.2) is 0 Å². The molecule has 2 rings (SSSR count). The first kappa shape index (κ1) is 25.1. The van der Waals surface area contributed by atoms with Crippen molar-refractivity contribution in [2.45, 2.75) is 18.0 Å². The topological polar surface area (TPSA) is 98.8 Å². The van der Waals surface area contributed by atoms with Gasteiger partial charge in [-0.25, -0.2) is 8.42 Å². The molecule has 0 fully saturated rings. The number of benzene rings is 2. The number of nitrogens with zero attached hydrogens (tertiary/aromatic N) is 2. The number of rotatable bonds is 7. The summed E-state index contributed by atoms with van der Waals surface area (Å²) in [6, 6.07) is 8.67. The summed E-state index contributed by atoms with van der Waals surface area (Å²) in [4.78, 5) is 24.7. The highest BCUT2D eigenvalue weighted by molar-refractivity contribution is 7.89. The van der Waals surface area contributed by atoms with E-state index in [0.29, 0.717) is 5.69 Å². The molecular formula is C20H23F3N4O4S. The predicted octanol–water partition coefficient (Wildman–Crippen LogP) is 2.99. The van der Waals surface area contributed by atoms with Crippen molar-refractivity contribution in [1.82, 2.24) is 4.31 Å². The lowest BCUT2D eigenvalue weighted by Gasteiger charge is -2.20. The molecule has 174 valence electrons. The summed E-state index contributed by atoms with van der Waals surface area (Å²) in [5.41, 5.74) is -0.842. The van der Waals surface area contributed by atoms with Crippen molar-refractivity contribution in [1.29, 1.82) is 0 Å². The Bertz CT molecular complexity index is 1100. The van der Waals surface area contributed by atoms with Gasteiger partial charge >= 0.3 is 6.18 Å². The van der Waals surface area contributed by atoms with E-state index in [1.807, 2.05) is 0 Å². The summed E-state index contributed by atoms with van der Waals surface area (Å²) >= 11 is 0. The number of anilines is 3. The molecule has 2 aromatic carbocycles. The molecular weight excluding hydrogens is 449 g/mol. The third kappa shape index (κ3) is 6.20. The van der Waals surface area contributed by atoms with E-state index < -0.39 is 39.9 Å². The van der Waals surface area contributed by atoms with Gasteiger partial charge in [-0.2, -0.15) is 17.5 Å². The molecule has 0 aromatic heterocycles. The Hall–Kier alpha value is -3.12. The van der Waals surface area contributed by atoms with Crippen molar-refractivity contribution in [3.8, 4) is 0 Å². The van der Waals surface area contributed by atoms with Crippen LogP contribution in [0.3, 0.4) is 0 Å². The number of hydrogen-bond donors (Lipinski definition) is 2. The van der Waals surface area contributed by atoms with Crippen molar-refractivity contribution < 1.29 is 31.2 Å². The number of amides is 2. The molecule has 32 heavy (non-hydrogen) atoms. The monoisotopic (exact) mass is 472 g/mol. The number of hydrogen-bond acceptors (Lipinski definition) is 5. The third-order valence-corrected chi connectivity index (χ3v) is 6.17. The fourth-order valence-corrected chi connectivity index (χ4v) is 3.85. The van der Waals surface area contributed by atoms with E-state index in [2.05, 4.69) is 10.6 Å². The fourth-order valence-electron chi connectivity index (χ4n) is 2.72. The zero-order valence-electron chi connectivity index (χ0n) is 17.8. The van der Waals surface area contributed by atoms with Gasteiger partial charge in [-0.1, -0.05) is 0 Å². The average Bonchev–Trinajstić information content (AvgIpc) is 2.67. The Morgan fingerprint density at radius 1 is 0.969 bits per heavy atom. The van der Waals surface area contributed by atoms with Crippen LogP contribution in [0.2, 0.25) is 0 Å². The van der Waals surface area contributed by atoms with Crippen molar-refractivity contribution in [2.75, 3.05) is 43.2 Å². The van der Waals surface area contributed by atoms with Crippen LogP contribution in [-0.2, 0) is 25.8 Å². The van der Waals surface area contributed by atoms with Crippen LogP contribution in [0.15, 0.2) is 47.4 Å². The average molecular weight is 472 g/mol. The highest BCUT2D eigenvalue weighted by Crippen LogP contribution is 2.37. The van der Waals surface area contributed by atoms with Crippen LogP contribution in [0.4, 0.5) is 30.2 Å². The minimum Gasteiger partial charge on any atom is -0.378 e. The molecule has 2 amide bonds. The summed E-state index contributed by atoms with van der Waals surface area (Å²) in [5.74, 6) is -1.26. The van der Waals surface area contributed by atoms with Gasteiger partial charge < -0.3 is 15.5 Å². The van der Waals surface area contributed by atoms with Crippen molar-refractivity contribution in [2.24, 2.45) is 0 Å². The van der Waals surface area contributed by atoms with Crippen molar-refractivity contribution >= 4 is 38.9 Å². The van der Waals surface area contributed by atoms with Crippen LogP contribution >= 0.6 is 0 Å². The SMILES string of the molecule is CC(=O)Nc1ccc(S(=O)(=O)N(C)CC(=O)Nc2ccc(N(C)C)cc2C(F)(F)F)cc1. The maximum Gasteiger partial charge on any atom is 0.418 e. The van der Waals surface area contributed by atoms with E-state index >= 15 is 0 Å². The zero-order valence-corrected chi connectivity index (χ0v) is 18.6. The highest BCUT2D eigenvalue weighted by Gasteiger charge is 2.34. The first-order valence-electron chi connectivity index (χ1n) is 9.24. The van der Waals surface area contributed by atoms with Gasteiger partial charge in [0.25, 0.3) is 0 Å². The van der Waals surface area contributed by atoms with E-state index in [4.69, 9.17) is 0 Å². The van der Waals surface area contributed by atoms with Gasteiger partial charge in [-0.15, -0.1) is 0 Å². The molecule has 0 spiro atoms.